The van der Waals surface area contributed by atoms with Gasteiger partial charge in [-0.1, -0.05) is 17.7 Å². The Hall–Kier alpha value is -2.54. The molecule has 0 bridgehead atoms. The minimum absolute atomic E-state index is 0.0181. The van der Waals surface area contributed by atoms with Gasteiger partial charge in [0.15, 0.2) is 0 Å². The summed E-state index contributed by atoms with van der Waals surface area (Å²) >= 11 is 0. The standard InChI is InChI=1S/C19H23FN4O2/c1-12-3-4-15(20)14(9-12)10-19(25)24-16-6-8-26-11-17(16)23-18-5-7-21-13(2)22-18/h3-5,7,9,16-17H,6,8,10-11H2,1-2H3,(H,24,25)(H,21,22,23)/t16-,17+/m0/s1. The van der Waals surface area contributed by atoms with Gasteiger partial charge in [0, 0.05) is 12.8 Å². The van der Waals surface area contributed by atoms with Crippen molar-refractivity contribution < 1.29 is 13.9 Å². The number of amides is 1. The van der Waals surface area contributed by atoms with E-state index in [1.54, 1.807) is 24.4 Å². The van der Waals surface area contributed by atoms with E-state index in [1.165, 1.54) is 6.07 Å². The number of benzene rings is 1. The second kappa shape index (κ2) is 8.23. The SMILES string of the molecule is Cc1ccc(F)c(CC(=O)N[C@H]2CCOC[C@H]2Nc2ccnc(C)n2)c1. The number of aromatic nitrogens is 2. The van der Waals surface area contributed by atoms with Gasteiger partial charge in [-0.25, -0.2) is 14.4 Å². The van der Waals surface area contributed by atoms with E-state index < -0.39 is 0 Å². The summed E-state index contributed by atoms with van der Waals surface area (Å²) in [5.41, 5.74) is 1.34. The molecule has 6 nitrogen and oxygen atoms in total. The van der Waals surface area contributed by atoms with Gasteiger partial charge >= 0.3 is 0 Å². The Bertz CT molecular complexity index is 784. The van der Waals surface area contributed by atoms with Crippen molar-refractivity contribution in [1.82, 2.24) is 15.3 Å². The second-order valence-electron chi connectivity index (χ2n) is 6.55. The molecule has 1 amide bonds. The van der Waals surface area contributed by atoms with Crippen molar-refractivity contribution in [3.8, 4) is 0 Å². The lowest BCUT2D eigenvalue weighted by Gasteiger charge is -2.33. The molecule has 1 fully saturated rings. The molecule has 0 unspecified atom stereocenters. The average molecular weight is 358 g/mol. The molecule has 0 spiro atoms. The molecule has 1 saturated heterocycles. The van der Waals surface area contributed by atoms with Crippen LogP contribution in [0.3, 0.4) is 0 Å². The van der Waals surface area contributed by atoms with E-state index in [2.05, 4.69) is 20.6 Å². The van der Waals surface area contributed by atoms with Crippen molar-refractivity contribution in [2.24, 2.45) is 0 Å². The van der Waals surface area contributed by atoms with Crippen LogP contribution in [0.1, 0.15) is 23.4 Å². The lowest BCUT2D eigenvalue weighted by Crippen LogP contribution is -2.52. The van der Waals surface area contributed by atoms with Gasteiger partial charge in [0.1, 0.15) is 17.5 Å². The first-order valence-electron chi connectivity index (χ1n) is 8.69. The number of hydrogen-bond donors (Lipinski definition) is 2. The maximum atomic E-state index is 13.9. The zero-order valence-corrected chi connectivity index (χ0v) is 15.0. The predicted octanol–water partition coefficient (Wildman–Crippen LogP) is 2.16. The molecule has 1 aromatic heterocycles. The third-order valence-corrected chi connectivity index (χ3v) is 4.36. The molecular formula is C19H23FN4O2. The number of carbonyl (C=O) groups is 1. The fraction of sp³-hybridized carbons (Fsp3) is 0.421. The van der Waals surface area contributed by atoms with E-state index in [9.17, 15) is 9.18 Å². The van der Waals surface area contributed by atoms with Gasteiger partial charge in [0.05, 0.1) is 25.1 Å². The number of aryl methyl sites for hydroxylation is 2. The van der Waals surface area contributed by atoms with Crippen LogP contribution in [0.4, 0.5) is 10.2 Å². The van der Waals surface area contributed by atoms with Crippen molar-refractivity contribution in [2.75, 3.05) is 18.5 Å². The zero-order valence-electron chi connectivity index (χ0n) is 15.0. The van der Waals surface area contributed by atoms with Crippen LogP contribution in [0, 0.1) is 19.7 Å². The molecule has 7 heteroatoms. The van der Waals surface area contributed by atoms with Crippen molar-refractivity contribution in [3.05, 3.63) is 53.2 Å². The summed E-state index contributed by atoms with van der Waals surface area (Å²) in [5, 5.41) is 6.30. The summed E-state index contributed by atoms with van der Waals surface area (Å²) in [4.78, 5) is 20.8. The van der Waals surface area contributed by atoms with Crippen LogP contribution in [-0.4, -0.2) is 41.2 Å². The summed E-state index contributed by atoms with van der Waals surface area (Å²) in [7, 11) is 0. The summed E-state index contributed by atoms with van der Waals surface area (Å²) in [6.45, 7) is 4.73. The van der Waals surface area contributed by atoms with Crippen LogP contribution in [0.2, 0.25) is 0 Å². The Morgan fingerprint density at radius 3 is 2.96 bits per heavy atom. The van der Waals surface area contributed by atoms with Crippen molar-refractivity contribution in [2.45, 2.75) is 38.8 Å². The van der Waals surface area contributed by atoms with Crippen LogP contribution in [0.5, 0.6) is 0 Å². The number of carbonyl (C=O) groups excluding carboxylic acids is 1. The van der Waals surface area contributed by atoms with Crippen LogP contribution in [-0.2, 0) is 16.0 Å². The number of anilines is 1. The molecule has 26 heavy (non-hydrogen) atoms. The summed E-state index contributed by atoms with van der Waals surface area (Å²) in [6, 6.07) is 6.36. The normalized spacial score (nSPS) is 19.8. The number of hydrogen-bond acceptors (Lipinski definition) is 5. The lowest BCUT2D eigenvalue weighted by atomic mass is 10.0. The number of nitrogens with zero attached hydrogens (tertiary/aromatic N) is 2. The second-order valence-corrected chi connectivity index (χ2v) is 6.55. The topological polar surface area (TPSA) is 76.1 Å². The lowest BCUT2D eigenvalue weighted by molar-refractivity contribution is -0.121. The Labute approximate surface area is 152 Å². The first-order chi connectivity index (χ1) is 12.5. The van der Waals surface area contributed by atoms with Crippen molar-refractivity contribution in [3.63, 3.8) is 0 Å². The van der Waals surface area contributed by atoms with Crippen LogP contribution in [0.25, 0.3) is 0 Å². The first-order valence-corrected chi connectivity index (χ1v) is 8.69. The molecule has 0 radical (unpaired) electrons. The van der Waals surface area contributed by atoms with Crippen LogP contribution >= 0.6 is 0 Å². The number of ether oxygens (including phenoxy) is 1. The van der Waals surface area contributed by atoms with Crippen LogP contribution < -0.4 is 10.6 Å². The molecule has 2 N–H and O–H groups in total. The average Bonchev–Trinajstić information content (AvgIpc) is 2.60. The van der Waals surface area contributed by atoms with Gasteiger partial charge in [0.25, 0.3) is 0 Å². The van der Waals surface area contributed by atoms with Gasteiger partial charge in [0.2, 0.25) is 5.91 Å². The monoisotopic (exact) mass is 358 g/mol. The summed E-state index contributed by atoms with van der Waals surface area (Å²) in [6.07, 6.45) is 2.39. The minimum atomic E-state index is -0.358. The van der Waals surface area contributed by atoms with Gasteiger partial charge in [-0.05, 0) is 38.0 Å². The van der Waals surface area contributed by atoms with E-state index in [4.69, 9.17) is 4.74 Å². The summed E-state index contributed by atoms with van der Waals surface area (Å²) in [5.74, 6) is 0.801. The third kappa shape index (κ3) is 4.76. The molecule has 1 aliphatic rings. The van der Waals surface area contributed by atoms with Gasteiger partial charge in [-0.15, -0.1) is 0 Å². The van der Waals surface area contributed by atoms with E-state index in [1.807, 2.05) is 13.8 Å². The third-order valence-electron chi connectivity index (χ3n) is 4.36. The molecule has 3 rings (SSSR count). The maximum absolute atomic E-state index is 13.9. The van der Waals surface area contributed by atoms with Gasteiger partial charge < -0.3 is 15.4 Å². The summed E-state index contributed by atoms with van der Waals surface area (Å²) < 4.78 is 19.4. The van der Waals surface area contributed by atoms with Gasteiger partial charge in [-0.2, -0.15) is 0 Å². The van der Waals surface area contributed by atoms with E-state index >= 15 is 0 Å². The first kappa shape index (κ1) is 18.3. The number of halogens is 1. The molecular weight excluding hydrogens is 335 g/mol. The quantitative estimate of drug-likeness (QED) is 0.857. The number of rotatable bonds is 5. The molecule has 0 saturated carbocycles. The molecule has 1 aliphatic heterocycles. The molecule has 1 aromatic carbocycles. The fourth-order valence-electron chi connectivity index (χ4n) is 3.05. The molecule has 2 aromatic rings. The fourth-order valence-corrected chi connectivity index (χ4v) is 3.05. The van der Waals surface area contributed by atoms with Gasteiger partial charge in [-0.3, -0.25) is 4.79 Å². The highest BCUT2D eigenvalue weighted by Gasteiger charge is 2.27. The predicted molar refractivity (Wildman–Crippen MR) is 96.4 cm³/mol. The van der Waals surface area contributed by atoms with E-state index in [-0.39, 0.29) is 30.2 Å². The molecule has 0 aliphatic carbocycles. The minimum Gasteiger partial charge on any atom is -0.379 e. The number of nitrogens with one attached hydrogen (secondary N) is 2. The van der Waals surface area contributed by atoms with E-state index in [0.717, 1.165) is 5.56 Å². The molecule has 138 valence electrons. The highest BCUT2D eigenvalue weighted by atomic mass is 19.1. The smallest absolute Gasteiger partial charge is 0.224 e. The largest absolute Gasteiger partial charge is 0.379 e. The zero-order chi connectivity index (χ0) is 18.5. The van der Waals surface area contributed by atoms with Crippen molar-refractivity contribution >= 4 is 11.7 Å². The van der Waals surface area contributed by atoms with Crippen molar-refractivity contribution in [1.29, 1.82) is 0 Å². The Morgan fingerprint density at radius 2 is 2.15 bits per heavy atom. The Balaban J connectivity index is 1.64. The van der Waals surface area contributed by atoms with Crippen LogP contribution in [0.15, 0.2) is 30.5 Å². The maximum Gasteiger partial charge on any atom is 0.224 e. The Morgan fingerprint density at radius 1 is 1.31 bits per heavy atom. The molecule has 2 heterocycles. The molecule has 2 atom stereocenters. The highest BCUT2D eigenvalue weighted by Crippen LogP contribution is 2.15. The Kier molecular flexibility index (Phi) is 5.78. The highest BCUT2D eigenvalue weighted by molar-refractivity contribution is 5.79. The van der Waals surface area contributed by atoms with E-state index in [0.29, 0.717) is 36.8 Å².